The van der Waals surface area contributed by atoms with Gasteiger partial charge in [0.2, 0.25) is 11.8 Å². The van der Waals surface area contributed by atoms with Crippen LogP contribution in [-0.2, 0) is 6.18 Å². The molecule has 41 heavy (non-hydrogen) atoms. The smallest absolute Gasteiger partial charge is 0.423 e. The number of ether oxygens (including phenoxy) is 2. The number of allylic oxidation sites excluding steroid dienone is 2. The van der Waals surface area contributed by atoms with Crippen LogP contribution in [0, 0.1) is 0 Å². The van der Waals surface area contributed by atoms with Crippen LogP contribution in [-0.4, -0.2) is 54.1 Å². The second-order valence-electron chi connectivity index (χ2n) is 9.22. The van der Waals surface area contributed by atoms with E-state index >= 15 is 0 Å². The number of benzene rings is 1. The largest absolute Gasteiger partial charge is 0.495 e. The molecule has 1 fully saturated rings. The molecule has 4 N–H and O–H groups in total. The van der Waals surface area contributed by atoms with Crippen molar-refractivity contribution in [3.63, 3.8) is 0 Å². The van der Waals surface area contributed by atoms with Crippen LogP contribution in [0.4, 0.5) is 24.8 Å². The van der Waals surface area contributed by atoms with Crippen molar-refractivity contribution in [1.82, 2.24) is 30.4 Å². The number of hydrogen-bond acceptors (Lipinski definition) is 10. The molecule has 2 aromatic rings. The fourth-order valence-electron chi connectivity index (χ4n) is 4.07. The predicted octanol–water partition coefficient (Wildman–Crippen LogP) is 4.67. The molecular formula is C27H30F3N7O3S. The monoisotopic (exact) mass is 589 g/mol. The third-order valence-electron chi connectivity index (χ3n) is 6.34. The summed E-state index contributed by atoms with van der Waals surface area (Å²) >= 11 is 1.23. The number of nitrogens with zero attached hydrogens (tertiary/aromatic N) is 3. The summed E-state index contributed by atoms with van der Waals surface area (Å²) in [7, 11) is 3.46. The number of likely N-dealkylation sites (tertiary alicyclic amines) is 1. The van der Waals surface area contributed by atoms with Gasteiger partial charge in [-0.25, -0.2) is 4.98 Å². The Morgan fingerprint density at radius 2 is 2.05 bits per heavy atom. The summed E-state index contributed by atoms with van der Waals surface area (Å²) in [6.07, 6.45) is 0.281. The highest BCUT2D eigenvalue weighted by molar-refractivity contribution is 8.00. The van der Waals surface area contributed by atoms with Gasteiger partial charge in [-0.15, -0.1) is 0 Å². The number of methoxy groups -OCH3 is 1. The van der Waals surface area contributed by atoms with Crippen LogP contribution in [0.5, 0.6) is 11.6 Å². The van der Waals surface area contributed by atoms with Gasteiger partial charge in [0.05, 0.1) is 18.5 Å². The molecule has 14 heteroatoms. The SMILES string of the molecule is C=C/C=C(/Oc1nc(Nc2ccc(C(=O)NC3CCN(C)CC3)cc2OC)ncc1C(F)(F)F)C(=C)C1=CSNN1. The zero-order valence-corrected chi connectivity index (χ0v) is 23.3. The molecule has 10 nitrogen and oxygen atoms in total. The number of rotatable bonds is 10. The fraction of sp³-hybridized carbons (Fsp3) is 0.296. The van der Waals surface area contributed by atoms with E-state index in [1.807, 2.05) is 7.05 Å². The molecule has 3 heterocycles. The molecule has 1 amide bonds. The van der Waals surface area contributed by atoms with Gasteiger partial charge in [0, 0.05) is 28.8 Å². The molecule has 0 aliphatic carbocycles. The Balaban J connectivity index is 1.57. The number of amides is 1. The molecule has 1 aromatic carbocycles. The van der Waals surface area contributed by atoms with Crippen molar-refractivity contribution in [2.75, 3.05) is 32.6 Å². The second kappa shape index (κ2) is 13.1. The van der Waals surface area contributed by atoms with E-state index in [4.69, 9.17) is 9.47 Å². The summed E-state index contributed by atoms with van der Waals surface area (Å²) in [4.78, 5) is 25.7. The van der Waals surface area contributed by atoms with Gasteiger partial charge in [0.15, 0.2) is 0 Å². The average molecular weight is 590 g/mol. The molecule has 2 aliphatic rings. The van der Waals surface area contributed by atoms with Crippen molar-refractivity contribution >= 4 is 29.5 Å². The molecule has 0 saturated carbocycles. The minimum absolute atomic E-state index is 0.00393. The lowest BCUT2D eigenvalue weighted by atomic mass is 10.0. The minimum Gasteiger partial charge on any atom is -0.495 e. The Labute approximate surface area is 239 Å². The third-order valence-corrected chi connectivity index (χ3v) is 6.92. The van der Waals surface area contributed by atoms with E-state index in [9.17, 15) is 18.0 Å². The van der Waals surface area contributed by atoms with Crippen LogP contribution in [0.3, 0.4) is 0 Å². The van der Waals surface area contributed by atoms with E-state index in [0.29, 0.717) is 23.1 Å². The first-order valence-electron chi connectivity index (χ1n) is 12.5. The lowest BCUT2D eigenvalue weighted by molar-refractivity contribution is -0.139. The summed E-state index contributed by atoms with van der Waals surface area (Å²) in [5.41, 5.74) is 3.15. The highest BCUT2D eigenvalue weighted by Crippen LogP contribution is 2.37. The number of nitrogens with one attached hydrogen (secondary N) is 4. The first kappa shape index (κ1) is 30.0. The van der Waals surface area contributed by atoms with E-state index < -0.39 is 17.6 Å². The van der Waals surface area contributed by atoms with Crippen molar-refractivity contribution in [2.45, 2.75) is 25.1 Å². The van der Waals surface area contributed by atoms with Crippen LogP contribution in [0.25, 0.3) is 0 Å². The Kier molecular flexibility index (Phi) is 9.57. The summed E-state index contributed by atoms with van der Waals surface area (Å²) in [6, 6.07) is 4.77. The van der Waals surface area contributed by atoms with Crippen molar-refractivity contribution in [3.05, 3.63) is 83.3 Å². The molecule has 0 spiro atoms. The van der Waals surface area contributed by atoms with Crippen molar-refractivity contribution in [2.24, 2.45) is 0 Å². The number of piperidine rings is 1. The molecule has 0 unspecified atom stereocenters. The number of anilines is 2. The van der Waals surface area contributed by atoms with Crippen molar-refractivity contribution in [1.29, 1.82) is 0 Å². The zero-order valence-electron chi connectivity index (χ0n) is 22.5. The lowest BCUT2D eigenvalue weighted by Crippen LogP contribution is -2.43. The van der Waals surface area contributed by atoms with Crippen LogP contribution in [0.2, 0.25) is 0 Å². The van der Waals surface area contributed by atoms with Gasteiger partial charge in [0.1, 0.15) is 17.1 Å². The quantitative estimate of drug-likeness (QED) is 0.177. The van der Waals surface area contributed by atoms with Crippen LogP contribution in [0.15, 0.2) is 72.1 Å². The maximum absolute atomic E-state index is 13.8. The maximum atomic E-state index is 13.8. The first-order chi connectivity index (χ1) is 19.6. The fourth-order valence-corrected chi connectivity index (χ4v) is 4.61. The van der Waals surface area contributed by atoms with Gasteiger partial charge in [-0.05, 0) is 69.2 Å². The predicted molar refractivity (Wildman–Crippen MR) is 151 cm³/mol. The van der Waals surface area contributed by atoms with E-state index in [2.05, 4.69) is 48.9 Å². The second-order valence-corrected chi connectivity index (χ2v) is 9.90. The number of hydrazine groups is 1. The van der Waals surface area contributed by atoms with E-state index in [0.717, 1.165) is 25.9 Å². The molecule has 0 bridgehead atoms. The molecule has 0 atom stereocenters. The van der Waals surface area contributed by atoms with Gasteiger partial charge >= 0.3 is 6.18 Å². The van der Waals surface area contributed by atoms with E-state index in [1.54, 1.807) is 17.5 Å². The van der Waals surface area contributed by atoms with Crippen molar-refractivity contribution < 1.29 is 27.4 Å². The number of hydrogen-bond donors (Lipinski definition) is 4. The Hall–Kier alpha value is -4.01. The number of carbonyl (C=O) groups excluding carboxylic acids is 1. The Bertz CT molecular complexity index is 1370. The molecule has 1 saturated heterocycles. The summed E-state index contributed by atoms with van der Waals surface area (Å²) in [6.45, 7) is 9.31. The molecule has 4 rings (SSSR count). The molecule has 0 radical (unpaired) electrons. The lowest BCUT2D eigenvalue weighted by Gasteiger charge is -2.29. The van der Waals surface area contributed by atoms with Gasteiger partial charge < -0.3 is 30.4 Å². The van der Waals surface area contributed by atoms with Gasteiger partial charge in [-0.1, -0.05) is 19.2 Å². The normalized spacial score (nSPS) is 16.4. The first-order valence-corrected chi connectivity index (χ1v) is 13.4. The number of aromatic nitrogens is 2. The molecule has 2 aliphatic heterocycles. The van der Waals surface area contributed by atoms with E-state index in [-0.39, 0.29) is 35.0 Å². The van der Waals surface area contributed by atoms with Gasteiger partial charge in [0.25, 0.3) is 5.91 Å². The maximum Gasteiger partial charge on any atom is 0.423 e. The van der Waals surface area contributed by atoms with Crippen LogP contribution >= 0.6 is 11.9 Å². The Morgan fingerprint density at radius 1 is 1.29 bits per heavy atom. The van der Waals surface area contributed by atoms with Crippen LogP contribution in [0.1, 0.15) is 28.8 Å². The topological polar surface area (TPSA) is 113 Å². The standard InChI is InChI=1S/C27H30F3N7O3S/c1-5-6-22(16(2)21-15-41-36-35-21)40-25-19(27(28,29)30)14-31-26(34-25)33-20-8-7-17(13-23(20)39-4)24(38)32-18-9-11-37(3)12-10-18/h5-8,13-15,18,35-36H,1-2,9-12H2,3-4H3,(H,32,38)(H,31,33,34)/b22-6+. The summed E-state index contributed by atoms with van der Waals surface area (Å²) in [5, 5.41) is 7.58. The Morgan fingerprint density at radius 3 is 2.68 bits per heavy atom. The summed E-state index contributed by atoms with van der Waals surface area (Å²) < 4.78 is 52.6. The van der Waals surface area contributed by atoms with E-state index in [1.165, 1.54) is 37.3 Å². The highest BCUT2D eigenvalue weighted by Gasteiger charge is 2.37. The van der Waals surface area contributed by atoms with Gasteiger partial charge in [-0.2, -0.15) is 23.0 Å². The van der Waals surface area contributed by atoms with Crippen molar-refractivity contribution in [3.8, 4) is 11.6 Å². The number of carbonyl (C=O) groups is 1. The average Bonchev–Trinajstić information content (AvgIpc) is 3.48. The molecule has 218 valence electrons. The number of alkyl halides is 3. The third kappa shape index (κ3) is 7.60. The minimum atomic E-state index is -4.79. The zero-order chi connectivity index (χ0) is 29.6. The van der Waals surface area contributed by atoms with Gasteiger partial charge in [-0.3, -0.25) is 4.79 Å². The molecule has 1 aromatic heterocycles. The van der Waals surface area contributed by atoms with Crippen LogP contribution < -0.4 is 30.4 Å². The molecular weight excluding hydrogens is 559 g/mol. The number of halogens is 3. The summed E-state index contributed by atoms with van der Waals surface area (Å²) in [5.74, 6) is -0.897. The highest BCUT2D eigenvalue weighted by atomic mass is 32.2.